The first kappa shape index (κ1) is 102. The summed E-state index contributed by atoms with van der Waals surface area (Å²) < 4.78 is 38.2. The van der Waals surface area contributed by atoms with Crippen molar-refractivity contribution in [1.29, 1.82) is 0 Å². The highest BCUT2D eigenvalue weighted by atomic mass is 16.6. The van der Waals surface area contributed by atoms with Crippen LogP contribution in [0.3, 0.4) is 0 Å². The first-order valence-corrected chi connectivity index (χ1v) is 40.0. The lowest BCUT2D eigenvalue weighted by Crippen LogP contribution is -2.48. The van der Waals surface area contributed by atoms with Crippen molar-refractivity contribution in [1.82, 2.24) is 58.1 Å². The lowest BCUT2D eigenvalue weighted by atomic mass is 9.99. The monoisotopic (exact) mass is 1550 g/mol. The molecule has 0 aromatic heterocycles. The fourth-order valence-corrected chi connectivity index (χ4v) is 11.0. The molecule has 0 rings (SSSR count). The summed E-state index contributed by atoms with van der Waals surface area (Å²) in [6, 6.07) is -5.21. The van der Waals surface area contributed by atoms with Gasteiger partial charge in [0.1, 0.15) is 57.8 Å². The molecule has 0 fully saturated rings. The minimum absolute atomic E-state index is 0.117. The van der Waals surface area contributed by atoms with Gasteiger partial charge in [0.2, 0.25) is 23.6 Å². The molecule has 10 amide bonds. The molecule has 0 saturated heterocycles. The molecular weight excluding hydrogens is 1410 g/mol. The molecule has 0 aliphatic rings. The Hall–Kier alpha value is -7.24. The van der Waals surface area contributed by atoms with E-state index in [1.54, 1.807) is 132 Å². The first-order chi connectivity index (χ1) is 50.6. The minimum atomic E-state index is -0.957. The highest BCUT2D eigenvalue weighted by Gasteiger charge is 2.31. The second-order valence-corrected chi connectivity index (χ2v) is 34.0. The van der Waals surface area contributed by atoms with Crippen molar-refractivity contribution in [2.24, 2.45) is 0 Å². The van der Waals surface area contributed by atoms with Gasteiger partial charge in [-0.25, -0.2) is 28.8 Å². The molecule has 0 spiro atoms. The summed E-state index contributed by atoms with van der Waals surface area (Å²) in [6.07, 6.45) is 8.76. The van der Waals surface area contributed by atoms with Crippen LogP contribution in [-0.4, -0.2) is 206 Å². The third-order valence-electron chi connectivity index (χ3n) is 16.2. The van der Waals surface area contributed by atoms with Crippen molar-refractivity contribution in [3.8, 4) is 0 Å². The zero-order valence-electron chi connectivity index (χ0n) is 70.7. The van der Waals surface area contributed by atoms with Crippen LogP contribution in [0.1, 0.15) is 305 Å². The fourth-order valence-electron chi connectivity index (χ4n) is 11.0. The summed E-state index contributed by atoms with van der Waals surface area (Å²) in [5.41, 5.74) is -4.77. The van der Waals surface area contributed by atoms with E-state index in [0.717, 1.165) is 38.5 Å². The smallest absolute Gasteiger partial charge is 0.408 e. The van der Waals surface area contributed by atoms with Crippen LogP contribution in [0.4, 0.5) is 28.8 Å². The SMILES string of the molecule is CCCCC[C@H](NC(=O)OC(C)(C)C)C(=O)NCCCC[C@H](NC(=O)OC(C)(C)C)C(=O)CCCCC[C@H](NC(=O)OC(C)(C)C)C(=O)NCCCN(CCCNC(=O)[C@H](CCCCCC(=O)[C@H](CCCCNC(=O)[C@H](CCCCC)NC(=O)OC(C)(C)C)NC(=O)OC(C)(C)C)NC(=O)OC(C)(C)C)CCOC. The molecule has 0 aliphatic heterocycles. The quantitative estimate of drug-likeness (QED) is 0.0200. The number of alkyl carbamates (subject to hydrolysis) is 6. The molecule has 0 aromatic rings. The van der Waals surface area contributed by atoms with Crippen molar-refractivity contribution in [2.75, 3.05) is 59.5 Å². The van der Waals surface area contributed by atoms with Gasteiger partial charge in [0, 0.05) is 52.7 Å². The normalized spacial score (nSPS) is 13.7. The number of hydrogen-bond acceptors (Lipinski definition) is 20. The van der Waals surface area contributed by atoms with Gasteiger partial charge in [0.25, 0.3) is 0 Å². The highest BCUT2D eigenvalue weighted by Crippen LogP contribution is 2.19. The van der Waals surface area contributed by atoms with E-state index in [4.69, 9.17) is 33.2 Å². The number of amides is 10. The number of carbonyl (C=O) groups is 12. The van der Waals surface area contributed by atoms with Gasteiger partial charge in [-0.1, -0.05) is 78.1 Å². The Labute approximate surface area is 652 Å². The van der Waals surface area contributed by atoms with E-state index < -0.39 is 118 Å². The number of ketones is 2. The minimum Gasteiger partial charge on any atom is -0.444 e. The molecule has 30 nitrogen and oxygen atoms in total. The molecule has 30 heteroatoms. The molecule has 109 heavy (non-hydrogen) atoms. The van der Waals surface area contributed by atoms with Crippen LogP contribution in [0.2, 0.25) is 0 Å². The van der Waals surface area contributed by atoms with E-state index in [1.807, 2.05) is 13.8 Å². The van der Waals surface area contributed by atoms with Crippen molar-refractivity contribution < 1.29 is 90.7 Å². The van der Waals surface area contributed by atoms with E-state index in [-0.39, 0.29) is 88.1 Å². The number of hydrogen-bond donors (Lipinski definition) is 10. The number of unbranched alkanes of at least 4 members (excludes halogenated alkanes) is 10. The standard InChI is InChI=1S/C79H147N11O19/c1-22-24-28-42-58(86-70(99)106-76(9,10)11)64(93)80-48-36-34-40-56(84-68(97)104-74(3,4)5)62(91)46-32-26-30-44-60(88-72(101)108-78(15,16)17)66(95)82-50-38-52-90(54-55-103-21)53-39-51-83-67(96)61(89-73(102)109-79(18,19)20)45-31-27-33-47-63(92)57(85-69(98)105-75(6,7)8)41-35-37-49-81-65(94)59(43-29-25-23-2)87-71(100)107-77(12,13)14/h56-61H,22-55H2,1-21H3,(H,80,93)(H,81,94)(H,82,95)(H,83,96)(H,84,97)(H,85,98)(H,86,99)(H,87,100)(H,88,101)(H,89,102)/t56-,57-,58-,59-,60-,61-/m0/s1. The molecule has 6 atom stereocenters. The lowest BCUT2D eigenvalue weighted by Gasteiger charge is -2.25. The van der Waals surface area contributed by atoms with Crippen LogP contribution < -0.4 is 53.2 Å². The first-order valence-electron chi connectivity index (χ1n) is 40.0. The highest BCUT2D eigenvalue weighted by molar-refractivity contribution is 5.89. The Morgan fingerprint density at radius 3 is 0.734 bits per heavy atom. The van der Waals surface area contributed by atoms with Gasteiger partial charge < -0.3 is 91.2 Å². The van der Waals surface area contributed by atoms with Crippen molar-refractivity contribution in [2.45, 2.75) is 375 Å². The number of rotatable bonds is 53. The summed E-state index contributed by atoms with van der Waals surface area (Å²) >= 11 is 0. The molecule has 632 valence electrons. The summed E-state index contributed by atoms with van der Waals surface area (Å²) in [5, 5.41) is 28.0. The number of nitrogens with zero attached hydrogens (tertiary/aromatic N) is 1. The van der Waals surface area contributed by atoms with Crippen LogP contribution in [0, 0.1) is 0 Å². The number of Topliss-reactive ketones (excluding diaryl/α,β-unsaturated/α-hetero) is 2. The number of nitrogens with one attached hydrogen (secondary N) is 10. The topological polar surface area (TPSA) is 393 Å². The third-order valence-corrected chi connectivity index (χ3v) is 16.2. The van der Waals surface area contributed by atoms with Gasteiger partial charge in [0.15, 0.2) is 11.6 Å². The average molecular weight is 1560 g/mol. The molecule has 0 bridgehead atoms. The van der Waals surface area contributed by atoms with Gasteiger partial charge in [-0.05, 0) is 228 Å². The summed E-state index contributed by atoms with van der Waals surface area (Å²) in [5.74, 6) is -1.91. The molecule has 0 radical (unpaired) electrons. The number of methoxy groups -OCH3 is 1. The van der Waals surface area contributed by atoms with Crippen LogP contribution in [-0.2, 0) is 61.9 Å². The Kier molecular flexibility index (Phi) is 50.1. The van der Waals surface area contributed by atoms with Gasteiger partial charge in [-0.15, -0.1) is 0 Å². The number of carbonyl (C=O) groups excluding carboxylic acids is 12. The fraction of sp³-hybridized carbons (Fsp3) is 0.848. The van der Waals surface area contributed by atoms with E-state index >= 15 is 0 Å². The Bertz CT molecular complexity index is 2540. The van der Waals surface area contributed by atoms with Gasteiger partial charge in [0.05, 0.1) is 18.7 Å². The maximum atomic E-state index is 13.8. The second-order valence-electron chi connectivity index (χ2n) is 34.0. The zero-order chi connectivity index (χ0) is 83.0. The largest absolute Gasteiger partial charge is 0.444 e. The van der Waals surface area contributed by atoms with Gasteiger partial charge in [-0.3, -0.25) is 28.8 Å². The summed E-state index contributed by atoms with van der Waals surface area (Å²) in [4.78, 5) is 161. The van der Waals surface area contributed by atoms with Gasteiger partial charge in [-0.2, -0.15) is 0 Å². The van der Waals surface area contributed by atoms with Crippen LogP contribution in [0.5, 0.6) is 0 Å². The molecule has 0 unspecified atom stereocenters. The predicted octanol–water partition coefficient (Wildman–Crippen LogP) is 12.1. The molecule has 0 saturated carbocycles. The van der Waals surface area contributed by atoms with Crippen molar-refractivity contribution >= 4 is 71.8 Å². The third kappa shape index (κ3) is 57.5. The van der Waals surface area contributed by atoms with Gasteiger partial charge >= 0.3 is 36.6 Å². The Morgan fingerprint density at radius 1 is 0.275 bits per heavy atom. The Balaban J connectivity index is 5.82. The summed E-state index contributed by atoms with van der Waals surface area (Å²) in [6.45, 7) is 38.4. The molecule has 0 aromatic carbocycles. The van der Waals surface area contributed by atoms with Crippen LogP contribution >= 0.6 is 0 Å². The summed E-state index contributed by atoms with van der Waals surface area (Å²) in [7, 11) is 1.59. The second kappa shape index (κ2) is 53.6. The van der Waals surface area contributed by atoms with Crippen LogP contribution in [0.25, 0.3) is 0 Å². The molecule has 0 aliphatic carbocycles. The van der Waals surface area contributed by atoms with Crippen molar-refractivity contribution in [3.05, 3.63) is 0 Å². The van der Waals surface area contributed by atoms with E-state index in [1.165, 1.54) is 0 Å². The zero-order valence-corrected chi connectivity index (χ0v) is 70.7. The predicted molar refractivity (Wildman–Crippen MR) is 421 cm³/mol. The maximum Gasteiger partial charge on any atom is 0.408 e. The number of ether oxygens (including phenoxy) is 7. The Morgan fingerprint density at radius 2 is 0.495 bits per heavy atom. The average Bonchev–Trinajstić information content (AvgIpc) is 0.937. The lowest BCUT2D eigenvalue weighted by molar-refractivity contribution is -0.124. The van der Waals surface area contributed by atoms with E-state index in [2.05, 4.69) is 58.1 Å². The maximum absolute atomic E-state index is 13.8. The van der Waals surface area contributed by atoms with E-state index in [0.29, 0.717) is 116 Å². The van der Waals surface area contributed by atoms with Crippen molar-refractivity contribution in [3.63, 3.8) is 0 Å². The van der Waals surface area contributed by atoms with E-state index in [9.17, 15) is 57.5 Å². The molecule has 0 heterocycles. The molecule has 10 N–H and O–H groups in total. The van der Waals surface area contributed by atoms with Crippen LogP contribution in [0.15, 0.2) is 0 Å². The molecular formula is C79H147N11O19.